The number of carbonyl (C=O) groups excluding carboxylic acids is 2. The van der Waals surface area contributed by atoms with Crippen molar-refractivity contribution in [3.8, 4) is 5.75 Å². The Kier molecular flexibility index (Phi) is 5.30. The highest BCUT2D eigenvalue weighted by Crippen LogP contribution is 2.32. The Bertz CT molecular complexity index is 601. The molecule has 0 radical (unpaired) electrons. The van der Waals surface area contributed by atoms with Crippen LogP contribution in [-0.4, -0.2) is 19.2 Å². The molecule has 2 aromatic rings. The molecule has 0 saturated heterocycles. The summed E-state index contributed by atoms with van der Waals surface area (Å²) in [5, 5.41) is 1.63. The van der Waals surface area contributed by atoms with Gasteiger partial charge < -0.3 is 4.74 Å². The van der Waals surface area contributed by atoms with Gasteiger partial charge in [-0.25, -0.2) is 0 Å². The molecule has 0 aliphatic rings. The molecule has 0 fully saturated rings. The van der Waals surface area contributed by atoms with Crippen molar-refractivity contribution in [2.75, 3.05) is 6.61 Å². The van der Waals surface area contributed by atoms with Crippen molar-refractivity contribution in [3.63, 3.8) is 0 Å². The first-order chi connectivity index (χ1) is 9.80. The summed E-state index contributed by atoms with van der Waals surface area (Å²) in [6.07, 6.45) is 6.24. The topological polar surface area (TPSA) is 43.4 Å². The van der Waals surface area contributed by atoms with Crippen LogP contribution in [0.3, 0.4) is 0 Å². The lowest BCUT2D eigenvalue weighted by molar-refractivity contribution is 0.112. The third kappa shape index (κ3) is 3.25. The molecule has 0 saturated carbocycles. The molecule has 106 valence electrons. The van der Waals surface area contributed by atoms with E-state index in [9.17, 15) is 9.59 Å². The molecule has 1 aromatic heterocycles. The first kappa shape index (κ1) is 14.7. The Morgan fingerprint density at radius 2 is 1.80 bits per heavy atom. The van der Waals surface area contributed by atoms with Crippen LogP contribution in [0.25, 0.3) is 10.8 Å². The summed E-state index contributed by atoms with van der Waals surface area (Å²) < 4.78 is 5.70. The Morgan fingerprint density at radius 3 is 2.50 bits per heavy atom. The van der Waals surface area contributed by atoms with E-state index in [-0.39, 0.29) is 0 Å². The molecule has 20 heavy (non-hydrogen) atoms. The van der Waals surface area contributed by atoms with E-state index in [4.69, 9.17) is 4.74 Å². The van der Waals surface area contributed by atoms with E-state index in [0.717, 1.165) is 35.5 Å². The van der Waals surface area contributed by atoms with Gasteiger partial charge in [0, 0.05) is 10.8 Å². The Morgan fingerprint density at radius 1 is 1.05 bits per heavy atom. The van der Waals surface area contributed by atoms with E-state index in [1.165, 1.54) is 30.6 Å². The first-order valence-electron chi connectivity index (χ1n) is 6.89. The minimum Gasteiger partial charge on any atom is -0.494 e. The second-order valence-corrected chi connectivity index (χ2v) is 5.77. The molecule has 0 amide bonds. The summed E-state index contributed by atoms with van der Waals surface area (Å²) in [6.45, 7) is 2.86. The van der Waals surface area contributed by atoms with E-state index in [0.29, 0.717) is 16.4 Å². The number of fused-ring (bicyclic) bond motifs is 1. The minimum atomic E-state index is 0.582. The number of rotatable bonds is 8. The van der Waals surface area contributed by atoms with Gasteiger partial charge in [-0.1, -0.05) is 26.2 Å². The van der Waals surface area contributed by atoms with Crippen LogP contribution in [0.15, 0.2) is 18.2 Å². The fourth-order valence-electron chi connectivity index (χ4n) is 2.15. The van der Waals surface area contributed by atoms with Crippen LogP contribution in [0.1, 0.15) is 52.0 Å². The molecule has 0 unspecified atom stereocenters. The first-order valence-corrected chi connectivity index (χ1v) is 7.71. The van der Waals surface area contributed by atoms with E-state index < -0.39 is 0 Å². The van der Waals surface area contributed by atoms with Crippen molar-refractivity contribution in [1.29, 1.82) is 0 Å². The second kappa shape index (κ2) is 7.20. The molecule has 0 aliphatic carbocycles. The Balaban J connectivity index is 2.12. The number of aldehydes is 2. The van der Waals surface area contributed by atoms with Gasteiger partial charge in [0.25, 0.3) is 0 Å². The molecule has 0 atom stereocenters. The second-order valence-electron chi connectivity index (χ2n) is 4.68. The average molecular weight is 290 g/mol. The molecule has 0 bridgehead atoms. The van der Waals surface area contributed by atoms with Gasteiger partial charge in [-0.05, 0) is 24.6 Å². The van der Waals surface area contributed by atoms with E-state index in [1.54, 1.807) is 0 Å². The maximum Gasteiger partial charge on any atom is 0.160 e. The third-order valence-electron chi connectivity index (χ3n) is 3.22. The number of unbranched alkanes of at least 4 members (excludes halogenated alkanes) is 3. The highest BCUT2D eigenvalue weighted by atomic mass is 32.1. The van der Waals surface area contributed by atoms with Crippen LogP contribution in [0.5, 0.6) is 5.75 Å². The lowest BCUT2D eigenvalue weighted by Gasteiger charge is -2.06. The number of carbonyl (C=O) groups is 2. The molecule has 0 N–H and O–H groups in total. The maximum atomic E-state index is 11.0. The summed E-state index contributed by atoms with van der Waals surface area (Å²) >= 11 is 1.22. The van der Waals surface area contributed by atoms with Crippen LogP contribution in [0, 0.1) is 0 Å². The summed E-state index contributed by atoms with van der Waals surface area (Å²) in [7, 11) is 0. The fraction of sp³-hybridized carbons (Fsp3) is 0.375. The normalized spacial score (nSPS) is 10.7. The quantitative estimate of drug-likeness (QED) is 0.531. The largest absolute Gasteiger partial charge is 0.494 e. The van der Waals surface area contributed by atoms with Crippen LogP contribution in [-0.2, 0) is 0 Å². The van der Waals surface area contributed by atoms with Gasteiger partial charge in [0.15, 0.2) is 12.6 Å². The van der Waals surface area contributed by atoms with Gasteiger partial charge in [0.2, 0.25) is 0 Å². The van der Waals surface area contributed by atoms with Gasteiger partial charge in [-0.2, -0.15) is 0 Å². The van der Waals surface area contributed by atoms with Crippen LogP contribution in [0.4, 0.5) is 0 Å². The lowest BCUT2D eigenvalue weighted by atomic mass is 10.1. The van der Waals surface area contributed by atoms with Crippen molar-refractivity contribution < 1.29 is 14.3 Å². The van der Waals surface area contributed by atoms with Gasteiger partial charge in [-0.3, -0.25) is 9.59 Å². The smallest absolute Gasteiger partial charge is 0.160 e. The average Bonchev–Trinajstić information content (AvgIpc) is 2.84. The van der Waals surface area contributed by atoms with Crippen molar-refractivity contribution >= 4 is 34.7 Å². The zero-order chi connectivity index (χ0) is 14.4. The summed E-state index contributed by atoms with van der Waals surface area (Å²) in [5.41, 5.74) is 0. The molecular formula is C16H18O3S. The maximum absolute atomic E-state index is 11.0. The van der Waals surface area contributed by atoms with Gasteiger partial charge in [0.05, 0.1) is 16.4 Å². The highest BCUT2D eigenvalue weighted by molar-refractivity contribution is 7.17. The minimum absolute atomic E-state index is 0.582. The molecule has 3 nitrogen and oxygen atoms in total. The van der Waals surface area contributed by atoms with Crippen molar-refractivity contribution in [2.24, 2.45) is 0 Å². The third-order valence-corrected chi connectivity index (χ3v) is 4.29. The number of thiophene rings is 1. The molecular weight excluding hydrogens is 272 g/mol. The Labute approximate surface area is 122 Å². The SMILES string of the molecule is CCCCCCOc1ccc2c(C=O)sc(C=O)c2c1. The zero-order valence-corrected chi connectivity index (χ0v) is 12.4. The van der Waals surface area contributed by atoms with Crippen molar-refractivity contribution in [2.45, 2.75) is 32.6 Å². The molecule has 4 heteroatoms. The van der Waals surface area contributed by atoms with Crippen molar-refractivity contribution in [3.05, 3.63) is 28.0 Å². The number of hydrogen-bond acceptors (Lipinski definition) is 4. The molecule has 2 rings (SSSR count). The van der Waals surface area contributed by atoms with Crippen LogP contribution in [0.2, 0.25) is 0 Å². The van der Waals surface area contributed by atoms with Crippen LogP contribution < -0.4 is 4.74 Å². The number of benzene rings is 1. The highest BCUT2D eigenvalue weighted by Gasteiger charge is 2.11. The van der Waals surface area contributed by atoms with Gasteiger partial charge >= 0.3 is 0 Å². The molecule has 0 spiro atoms. The summed E-state index contributed by atoms with van der Waals surface area (Å²) in [5.74, 6) is 0.757. The lowest BCUT2D eigenvalue weighted by Crippen LogP contribution is -1.97. The number of hydrogen-bond donors (Lipinski definition) is 0. The Hall–Kier alpha value is -1.68. The van der Waals surface area contributed by atoms with Crippen molar-refractivity contribution in [1.82, 2.24) is 0 Å². The molecule has 1 heterocycles. The standard InChI is InChI=1S/C16H18O3S/c1-2-3-4-5-8-19-12-6-7-13-14(9-12)16(11-18)20-15(13)10-17/h6-7,9-11H,2-5,8H2,1H3. The molecule has 1 aromatic carbocycles. The number of ether oxygens (including phenoxy) is 1. The van der Waals surface area contributed by atoms with Gasteiger partial charge in [-0.15, -0.1) is 11.3 Å². The van der Waals surface area contributed by atoms with Gasteiger partial charge in [0.1, 0.15) is 5.75 Å². The predicted octanol–water partition coefficient (Wildman–Crippen LogP) is 4.49. The summed E-state index contributed by atoms with van der Waals surface area (Å²) in [4.78, 5) is 23.2. The summed E-state index contributed by atoms with van der Waals surface area (Å²) in [6, 6.07) is 5.56. The van der Waals surface area contributed by atoms with E-state index >= 15 is 0 Å². The monoisotopic (exact) mass is 290 g/mol. The predicted molar refractivity (Wildman–Crippen MR) is 82.2 cm³/mol. The molecule has 0 aliphatic heterocycles. The fourth-order valence-corrected chi connectivity index (χ4v) is 3.05. The van der Waals surface area contributed by atoms with E-state index in [2.05, 4.69) is 6.92 Å². The zero-order valence-electron chi connectivity index (χ0n) is 11.6. The van der Waals surface area contributed by atoms with E-state index in [1.807, 2.05) is 18.2 Å². The van der Waals surface area contributed by atoms with Crippen LogP contribution >= 0.6 is 11.3 Å².